The number of anilines is 1. The predicted octanol–water partition coefficient (Wildman–Crippen LogP) is 3.62. The molecule has 1 amide bonds. The summed E-state index contributed by atoms with van der Waals surface area (Å²) in [7, 11) is 1.53. The van der Waals surface area contributed by atoms with Gasteiger partial charge in [-0.2, -0.15) is 0 Å². The summed E-state index contributed by atoms with van der Waals surface area (Å²) in [6.07, 6.45) is -0.0325. The lowest BCUT2D eigenvalue weighted by molar-refractivity contribution is 0.0975. The fourth-order valence-electron chi connectivity index (χ4n) is 3.63. The van der Waals surface area contributed by atoms with E-state index in [0.717, 1.165) is 11.3 Å². The van der Waals surface area contributed by atoms with Crippen LogP contribution in [0.15, 0.2) is 42.5 Å². The van der Waals surface area contributed by atoms with E-state index in [1.807, 2.05) is 0 Å². The fraction of sp³-hybridized carbons (Fsp3) is 0.350. The highest BCUT2D eigenvalue weighted by molar-refractivity contribution is 6.10. The van der Waals surface area contributed by atoms with Gasteiger partial charge in [0.25, 0.3) is 5.91 Å². The zero-order chi connectivity index (χ0) is 18.3. The maximum absolute atomic E-state index is 14.9. The topological polar surface area (TPSA) is 59.0 Å². The number of alkyl halides is 1. The van der Waals surface area contributed by atoms with Crippen molar-refractivity contribution in [2.75, 3.05) is 12.0 Å². The first kappa shape index (κ1) is 16.8. The fourth-order valence-corrected chi connectivity index (χ4v) is 3.63. The van der Waals surface area contributed by atoms with E-state index in [2.05, 4.69) is 0 Å². The molecule has 3 unspecified atom stereocenters. The van der Waals surface area contributed by atoms with Gasteiger partial charge in [-0.3, -0.25) is 9.69 Å². The van der Waals surface area contributed by atoms with Crippen LogP contribution in [-0.2, 0) is 0 Å². The van der Waals surface area contributed by atoms with Crippen molar-refractivity contribution in [2.45, 2.75) is 37.8 Å². The van der Waals surface area contributed by atoms with Crippen molar-refractivity contribution in [3.63, 3.8) is 0 Å². The minimum absolute atomic E-state index is 0.123. The molecule has 136 valence electrons. The molecule has 6 heteroatoms. The Balaban J connectivity index is 1.65. The quantitative estimate of drug-likeness (QED) is 0.849. The van der Waals surface area contributed by atoms with E-state index in [1.165, 1.54) is 7.11 Å². The molecular weight excluding hydrogens is 337 g/mol. The molecule has 4 rings (SSSR count). The molecule has 0 spiro atoms. The minimum Gasteiger partial charge on any atom is -0.493 e. The molecule has 3 atom stereocenters. The highest BCUT2D eigenvalue weighted by Gasteiger charge is 2.38. The first-order valence-corrected chi connectivity index (χ1v) is 8.68. The Kier molecular flexibility index (Phi) is 4.28. The lowest BCUT2D eigenvalue weighted by atomic mass is 10.1. The van der Waals surface area contributed by atoms with Gasteiger partial charge in [0, 0.05) is 23.6 Å². The van der Waals surface area contributed by atoms with Crippen molar-refractivity contribution in [3.05, 3.63) is 53.6 Å². The van der Waals surface area contributed by atoms with E-state index in [1.54, 1.807) is 42.5 Å². The van der Waals surface area contributed by atoms with E-state index < -0.39 is 6.30 Å². The summed E-state index contributed by atoms with van der Waals surface area (Å²) in [4.78, 5) is 13.8. The molecule has 26 heavy (non-hydrogen) atoms. The maximum Gasteiger partial charge on any atom is 0.261 e. The van der Waals surface area contributed by atoms with Gasteiger partial charge in [0.05, 0.1) is 18.9 Å². The maximum atomic E-state index is 14.9. The van der Waals surface area contributed by atoms with E-state index in [-0.39, 0.29) is 18.1 Å². The van der Waals surface area contributed by atoms with Gasteiger partial charge in [0.2, 0.25) is 6.30 Å². The molecule has 2 aromatic rings. The number of ether oxygens (including phenoxy) is 2. The number of nitrogens with zero attached hydrogens (tertiary/aromatic N) is 1. The molecule has 0 aromatic heterocycles. The van der Waals surface area contributed by atoms with Crippen LogP contribution < -0.4 is 14.4 Å². The van der Waals surface area contributed by atoms with Gasteiger partial charge in [-0.1, -0.05) is 18.2 Å². The lowest BCUT2D eigenvalue weighted by Crippen LogP contribution is -2.25. The highest BCUT2D eigenvalue weighted by Crippen LogP contribution is 2.42. The van der Waals surface area contributed by atoms with Crippen molar-refractivity contribution in [1.82, 2.24) is 0 Å². The first-order chi connectivity index (χ1) is 12.6. The SMILES string of the molecule is COc1ccc(N2C(=O)c3ccccc3C2F)cc1OC1CCC(O)C1. The molecule has 0 bridgehead atoms. The van der Waals surface area contributed by atoms with Gasteiger partial charge in [-0.05, 0) is 31.0 Å². The molecule has 2 aromatic carbocycles. The van der Waals surface area contributed by atoms with Crippen molar-refractivity contribution < 1.29 is 23.8 Å². The molecule has 1 fully saturated rings. The number of aliphatic hydroxyl groups excluding tert-OH is 1. The second-order valence-corrected chi connectivity index (χ2v) is 6.64. The third kappa shape index (κ3) is 2.80. The second-order valence-electron chi connectivity index (χ2n) is 6.64. The third-order valence-corrected chi connectivity index (χ3v) is 4.97. The second kappa shape index (κ2) is 6.61. The van der Waals surface area contributed by atoms with Crippen LogP contribution in [-0.4, -0.2) is 30.3 Å². The number of aliphatic hydroxyl groups is 1. The van der Waals surface area contributed by atoms with Gasteiger partial charge in [-0.25, -0.2) is 4.39 Å². The Morgan fingerprint density at radius 2 is 1.96 bits per heavy atom. The molecule has 1 N–H and O–H groups in total. The highest BCUT2D eigenvalue weighted by atomic mass is 19.1. The molecular formula is C20H20FNO4. The number of hydrogen-bond acceptors (Lipinski definition) is 4. The third-order valence-electron chi connectivity index (χ3n) is 4.97. The van der Waals surface area contributed by atoms with Crippen LogP contribution in [0.5, 0.6) is 11.5 Å². The smallest absolute Gasteiger partial charge is 0.261 e. The summed E-state index contributed by atoms with van der Waals surface area (Å²) in [5, 5.41) is 9.69. The summed E-state index contributed by atoms with van der Waals surface area (Å²) < 4.78 is 26.2. The zero-order valence-corrected chi connectivity index (χ0v) is 14.4. The molecule has 2 aliphatic rings. The zero-order valence-electron chi connectivity index (χ0n) is 14.4. The molecule has 1 aliphatic heterocycles. The minimum atomic E-state index is -1.53. The summed E-state index contributed by atoms with van der Waals surface area (Å²) in [5.74, 6) is 0.579. The average molecular weight is 357 g/mol. The van der Waals surface area contributed by atoms with Crippen molar-refractivity contribution in [2.24, 2.45) is 0 Å². The molecule has 0 saturated heterocycles. The van der Waals surface area contributed by atoms with Crippen LogP contribution in [0.2, 0.25) is 0 Å². The van der Waals surface area contributed by atoms with Crippen LogP contribution in [0.25, 0.3) is 0 Å². The Bertz CT molecular complexity index is 840. The molecule has 1 aliphatic carbocycles. The predicted molar refractivity (Wildman–Crippen MR) is 94.4 cm³/mol. The Morgan fingerprint density at radius 3 is 2.65 bits per heavy atom. The van der Waals surface area contributed by atoms with Crippen LogP contribution >= 0.6 is 0 Å². The van der Waals surface area contributed by atoms with Crippen LogP contribution in [0.1, 0.15) is 41.5 Å². The summed E-state index contributed by atoms with van der Waals surface area (Å²) in [6.45, 7) is 0. The largest absolute Gasteiger partial charge is 0.493 e. The van der Waals surface area contributed by atoms with Gasteiger partial charge < -0.3 is 14.6 Å². The lowest BCUT2D eigenvalue weighted by Gasteiger charge is -2.22. The molecule has 0 radical (unpaired) electrons. The van der Waals surface area contributed by atoms with Crippen molar-refractivity contribution >= 4 is 11.6 Å². The number of benzene rings is 2. The number of carbonyl (C=O) groups is 1. The van der Waals surface area contributed by atoms with Gasteiger partial charge >= 0.3 is 0 Å². The van der Waals surface area contributed by atoms with Gasteiger partial charge in [0.1, 0.15) is 6.10 Å². The normalized spacial score (nSPS) is 24.7. The average Bonchev–Trinajstić information content (AvgIpc) is 3.17. The number of hydrogen-bond donors (Lipinski definition) is 1. The number of carbonyl (C=O) groups excluding carboxylic acids is 1. The van der Waals surface area contributed by atoms with E-state index >= 15 is 0 Å². The van der Waals surface area contributed by atoms with E-state index in [4.69, 9.17) is 9.47 Å². The Labute approximate surface area is 151 Å². The van der Waals surface area contributed by atoms with Crippen molar-refractivity contribution in [3.8, 4) is 11.5 Å². The van der Waals surface area contributed by atoms with E-state index in [0.29, 0.717) is 41.2 Å². The standard InChI is InChI=1S/C20H20FNO4/c1-25-17-9-6-12(10-18(17)26-14-8-7-13(23)11-14)22-19(21)15-4-2-3-5-16(15)20(22)24/h2-6,9-10,13-14,19,23H,7-8,11H2,1H3. The number of fused-ring (bicyclic) bond motifs is 1. The number of methoxy groups -OCH3 is 1. The van der Waals surface area contributed by atoms with Gasteiger partial charge in [0.15, 0.2) is 11.5 Å². The van der Waals surface area contributed by atoms with E-state index in [9.17, 15) is 14.3 Å². The van der Waals surface area contributed by atoms with Crippen LogP contribution in [0, 0.1) is 0 Å². The number of amides is 1. The van der Waals surface area contributed by atoms with Crippen LogP contribution in [0.4, 0.5) is 10.1 Å². The summed E-state index contributed by atoms with van der Waals surface area (Å²) in [5.41, 5.74) is 1.15. The molecule has 1 heterocycles. The molecule has 1 saturated carbocycles. The van der Waals surface area contributed by atoms with Crippen molar-refractivity contribution in [1.29, 1.82) is 0 Å². The monoisotopic (exact) mass is 357 g/mol. The summed E-state index contributed by atoms with van der Waals surface area (Å²) in [6, 6.07) is 11.6. The summed E-state index contributed by atoms with van der Waals surface area (Å²) >= 11 is 0. The van der Waals surface area contributed by atoms with Gasteiger partial charge in [-0.15, -0.1) is 0 Å². The number of rotatable bonds is 4. The molecule has 5 nitrogen and oxygen atoms in total. The number of halogens is 1. The Morgan fingerprint density at radius 1 is 1.15 bits per heavy atom. The Hall–Kier alpha value is -2.60. The van der Waals surface area contributed by atoms with Crippen LogP contribution in [0.3, 0.4) is 0 Å². The first-order valence-electron chi connectivity index (χ1n) is 8.68.